The SMILES string of the molecule is CN(C)CC(C)(C)C(=C=O)NC(=O)NCC1CC1. The number of urea groups is 1. The van der Waals surface area contributed by atoms with Gasteiger partial charge in [0.2, 0.25) is 0 Å². The molecule has 2 amide bonds. The van der Waals surface area contributed by atoms with Crippen LogP contribution in [0.15, 0.2) is 5.70 Å². The first-order chi connectivity index (χ1) is 8.35. The molecule has 0 spiro atoms. The number of nitrogens with one attached hydrogen (secondary N) is 2. The van der Waals surface area contributed by atoms with E-state index in [0.29, 0.717) is 24.7 Å². The predicted octanol–water partition coefficient (Wildman–Crippen LogP) is 0.999. The molecule has 0 heterocycles. The van der Waals surface area contributed by atoms with E-state index in [4.69, 9.17) is 0 Å². The molecule has 0 radical (unpaired) electrons. The molecular formula is C13H23N3O2. The van der Waals surface area contributed by atoms with Gasteiger partial charge < -0.3 is 15.5 Å². The molecule has 18 heavy (non-hydrogen) atoms. The van der Waals surface area contributed by atoms with Crippen LogP contribution in [0.25, 0.3) is 0 Å². The van der Waals surface area contributed by atoms with Crippen LogP contribution in [-0.2, 0) is 4.79 Å². The number of hydrogen-bond acceptors (Lipinski definition) is 3. The molecule has 1 rings (SSSR count). The second-order valence-corrected chi connectivity index (χ2v) is 5.88. The van der Waals surface area contributed by atoms with Crippen molar-refractivity contribution in [1.82, 2.24) is 15.5 Å². The normalized spacial score (nSPS) is 15.2. The van der Waals surface area contributed by atoms with Crippen LogP contribution in [0.3, 0.4) is 0 Å². The monoisotopic (exact) mass is 253 g/mol. The fraction of sp³-hybridized carbons (Fsp3) is 0.769. The van der Waals surface area contributed by atoms with Crippen molar-refractivity contribution < 1.29 is 9.59 Å². The van der Waals surface area contributed by atoms with Crippen LogP contribution in [0.4, 0.5) is 4.79 Å². The standard InChI is InChI=1S/C13H23N3O2/c1-13(2,9-16(3)4)11(8-17)15-12(18)14-7-10-5-6-10/h10H,5-7,9H2,1-4H3,(H2,14,15,18). The second-order valence-electron chi connectivity index (χ2n) is 5.88. The van der Waals surface area contributed by atoms with Gasteiger partial charge in [0.05, 0.1) is 0 Å². The summed E-state index contributed by atoms with van der Waals surface area (Å²) in [5.41, 5.74) is -0.133. The summed E-state index contributed by atoms with van der Waals surface area (Å²) in [4.78, 5) is 24.6. The highest BCUT2D eigenvalue weighted by Crippen LogP contribution is 2.27. The van der Waals surface area contributed by atoms with Gasteiger partial charge in [-0.3, -0.25) is 0 Å². The fourth-order valence-corrected chi connectivity index (χ4v) is 1.92. The number of carbonyl (C=O) groups is 1. The molecule has 1 aliphatic rings. The third kappa shape index (κ3) is 4.90. The maximum atomic E-state index is 11.6. The van der Waals surface area contributed by atoms with Crippen molar-refractivity contribution in [3.63, 3.8) is 0 Å². The lowest BCUT2D eigenvalue weighted by atomic mass is 9.89. The smallest absolute Gasteiger partial charge is 0.319 e. The van der Waals surface area contributed by atoms with Crippen molar-refractivity contribution in [3.05, 3.63) is 5.70 Å². The first-order valence-electron chi connectivity index (χ1n) is 6.30. The van der Waals surface area contributed by atoms with E-state index in [2.05, 4.69) is 10.6 Å². The van der Waals surface area contributed by atoms with E-state index in [9.17, 15) is 9.59 Å². The van der Waals surface area contributed by atoms with Crippen molar-refractivity contribution in [2.75, 3.05) is 27.2 Å². The Balaban J connectivity index is 2.49. The summed E-state index contributed by atoms with van der Waals surface area (Å²) < 4.78 is 0. The zero-order valence-corrected chi connectivity index (χ0v) is 11.7. The number of carbonyl (C=O) groups excluding carboxylic acids is 2. The molecule has 0 unspecified atom stereocenters. The Morgan fingerprint density at radius 2 is 2.00 bits per heavy atom. The highest BCUT2D eigenvalue weighted by Gasteiger charge is 2.28. The van der Waals surface area contributed by atoms with Gasteiger partial charge in [0.25, 0.3) is 0 Å². The van der Waals surface area contributed by atoms with Gasteiger partial charge in [-0.25, -0.2) is 9.59 Å². The molecule has 0 aromatic carbocycles. The minimum atomic E-state index is -0.428. The summed E-state index contributed by atoms with van der Waals surface area (Å²) in [6.07, 6.45) is 2.37. The molecule has 1 saturated carbocycles. The van der Waals surface area contributed by atoms with E-state index in [1.54, 1.807) is 0 Å². The van der Waals surface area contributed by atoms with Crippen LogP contribution in [0, 0.1) is 11.3 Å². The van der Waals surface area contributed by atoms with Gasteiger partial charge in [-0.2, -0.15) is 0 Å². The number of nitrogens with zero attached hydrogens (tertiary/aromatic N) is 1. The van der Waals surface area contributed by atoms with Crippen LogP contribution in [0.1, 0.15) is 26.7 Å². The van der Waals surface area contributed by atoms with Crippen LogP contribution in [0.2, 0.25) is 0 Å². The summed E-state index contributed by atoms with van der Waals surface area (Å²) in [5.74, 6) is 2.47. The summed E-state index contributed by atoms with van der Waals surface area (Å²) in [5, 5.41) is 5.38. The number of amides is 2. The Labute approximate surface area is 109 Å². The van der Waals surface area contributed by atoms with Gasteiger partial charge in [0.15, 0.2) is 0 Å². The number of rotatable bonds is 6. The maximum absolute atomic E-state index is 11.6. The fourth-order valence-electron chi connectivity index (χ4n) is 1.92. The molecule has 5 heteroatoms. The average Bonchev–Trinajstić information content (AvgIpc) is 3.04. The third-order valence-electron chi connectivity index (χ3n) is 2.98. The van der Waals surface area contributed by atoms with E-state index in [-0.39, 0.29) is 6.03 Å². The Bertz CT molecular complexity index is 353. The molecule has 0 aliphatic heterocycles. The summed E-state index contributed by atoms with van der Waals surface area (Å²) >= 11 is 0. The summed E-state index contributed by atoms with van der Waals surface area (Å²) in [7, 11) is 3.86. The minimum Gasteiger partial charge on any atom is -0.338 e. The molecule has 1 aliphatic carbocycles. The van der Waals surface area contributed by atoms with Crippen LogP contribution < -0.4 is 10.6 Å². The molecular weight excluding hydrogens is 230 g/mol. The molecule has 0 atom stereocenters. The van der Waals surface area contributed by atoms with E-state index < -0.39 is 5.41 Å². The quantitative estimate of drug-likeness (QED) is 0.694. The van der Waals surface area contributed by atoms with Crippen LogP contribution in [-0.4, -0.2) is 44.1 Å². The lowest BCUT2D eigenvalue weighted by Gasteiger charge is -2.28. The number of hydrogen-bond donors (Lipinski definition) is 2. The Morgan fingerprint density at radius 1 is 1.39 bits per heavy atom. The highest BCUT2D eigenvalue weighted by molar-refractivity contribution is 5.78. The van der Waals surface area contributed by atoms with Crippen LogP contribution >= 0.6 is 0 Å². The Hall–Kier alpha value is -1.32. The predicted molar refractivity (Wildman–Crippen MR) is 70.8 cm³/mol. The van der Waals surface area contributed by atoms with Gasteiger partial charge in [-0.15, -0.1) is 0 Å². The summed E-state index contributed by atoms with van der Waals surface area (Å²) in [6, 6.07) is -0.313. The molecule has 5 nitrogen and oxygen atoms in total. The average molecular weight is 253 g/mol. The molecule has 2 N–H and O–H groups in total. The van der Waals surface area contributed by atoms with Gasteiger partial charge >= 0.3 is 6.03 Å². The molecule has 0 aromatic heterocycles. The Morgan fingerprint density at radius 3 is 2.44 bits per heavy atom. The van der Waals surface area contributed by atoms with Crippen molar-refractivity contribution >= 4 is 12.0 Å². The van der Waals surface area contributed by atoms with E-state index in [1.165, 1.54) is 12.8 Å². The van der Waals surface area contributed by atoms with Crippen molar-refractivity contribution in [2.45, 2.75) is 26.7 Å². The van der Waals surface area contributed by atoms with Crippen molar-refractivity contribution in [1.29, 1.82) is 0 Å². The molecule has 0 aromatic rings. The first-order valence-corrected chi connectivity index (χ1v) is 6.30. The molecule has 102 valence electrons. The maximum Gasteiger partial charge on any atom is 0.319 e. The van der Waals surface area contributed by atoms with Crippen molar-refractivity contribution in [3.8, 4) is 0 Å². The topological polar surface area (TPSA) is 61.4 Å². The summed E-state index contributed by atoms with van der Waals surface area (Å²) in [6.45, 7) is 5.18. The molecule has 0 bridgehead atoms. The van der Waals surface area contributed by atoms with E-state index >= 15 is 0 Å². The molecule has 0 saturated heterocycles. The first kappa shape index (κ1) is 14.7. The van der Waals surface area contributed by atoms with Gasteiger partial charge in [-0.05, 0) is 32.9 Å². The van der Waals surface area contributed by atoms with Gasteiger partial charge in [0.1, 0.15) is 11.6 Å². The third-order valence-corrected chi connectivity index (χ3v) is 2.98. The lowest BCUT2D eigenvalue weighted by Crippen LogP contribution is -2.43. The second kappa shape index (κ2) is 6.03. The largest absolute Gasteiger partial charge is 0.338 e. The van der Waals surface area contributed by atoms with Crippen molar-refractivity contribution in [2.24, 2.45) is 11.3 Å². The van der Waals surface area contributed by atoms with E-state index in [0.717, 1.165) is 0 Å². The zero-order chi connectivity index (χ0) is 13.8. The van der Waals surface area contributed by atoms with Crippen LogP contribution in [0.5, 0.6) is 0 Å². The zero-order valence-electron chi connectivity index (χ0n) is 11.7. The lowest BCUT2D eigenvalue weighted by molar-refractivity contribution is 0.234. The Kier molecular flexibility index (Phi) is 4.93. The molecule has 1 fully saturated rings. The highest BCUT2D eigenvalue weighted by atomic mass is 16.2. The van der Waals surface area contributed by atoms with Gasteiger partial charge in [-0.1, -0.05) is 13.8 Å². The van der Waals surface area contributed by atoms with E-state index in [1.807, 2.05) is 38.8 Å². The minimum absolute atomic E-state index is 0.296. The van der Waals surface area contributed by atoms with Gasteiger partial charge in [0, 0.05) is 18.5 Å².